The molecule has 0 aliphatic carbocycles. The molecule has 1 aliphatic rings. The maximum absolute atomic E-state index is 11.7. The van der Waals surface area contributed by atoms with Crippen LogP contribution in [-0.4, -0.2) is 4.70 Å². The number of nitrogens with zero attached hydrogens (tertiary/aromatic N) is 2. The summed E-state index contributed by atoms with van der Waals surface area (Å²) in [6.07, 6.45) is 43.9. The molecular weight excluding hydrogens is 641 g/mol. The Balaban J connectivity index is 1.23. The van der Waals surface area contributed by atoms with Crippen LogP contribution in [0.2, 0.25) is 0 Å². The van der Waals surface area contributed by atoms with E-state index in [-0.39, 0.29) is 0 Å². The van der Waals surface area contributed by atoms with E-state index in [1.807, 2.05) is 0 Å². The van der Waals surface area contributed by atoms with Crippen LogP contribution in [0.5, 0.6) is 0 Å². The van der Waals surface area contributed by atoms with E-state index in [1.165, 1.54) is 187 Å². The molecule has 0 radical (unpaired) electrons. The molecule has 3 rings (SSSR count). The molecule has 0 spiro atoms. The number of benzene rings is 2. The van der Waals surface area contributed by atoms with Gasteiger partial charge in [0.1, 0.15) is 0 Å². The second-order valence-electron chi connectivity index (χ2n) is 16.2. The van der Waals surface area contributed by atoms with Crippen molar-refractivity contribution in [3.05, 3.63) is 99.6 Å². The molecule has 2 aromatic carbocycles. The Morgan fingerprint density at radius 3 is 1.57 bits per heavy atom. The van der Waals surface area contributed by atoms with Crippen molar-refractivity contribution >= 4 is 11.4 Å². The van der Waals surface area contributed by atoms with Crippen molar-refractivity contribution in [3.8, 4) is 0 Å². The summed E-state index contributed by atoms with van der Waals surface area (Å²) >= 11 is 0. The summed E-state index contributed by atoms with van der Waals surface area (Å²) in [6.45, 7) is 8.93. The zero-order valence-electron chi connectivity index (χ0n) is 35.2. The average molecular weight is 721 g/mol. The zero-order valence-corrected chi connectivity index (χ0v) is 35.2. The second kappa shape index (κ2) is 28.7. The lowest BCUT2D eigenvalue weighted by atomic mass is 9.95. The van der Waals surface area contributed by atoms with Gasteiger partial charge in [0, 0.05) is 22.3 Å². The van der Waals surface area contributed by atoms with E-state index >= 15 is 0 Å². The maximum Gasteiger partial charge on any atom is 0.211 e. The fourth-order valence-corrected chi connectivity index (χ4v) is 8.33. The van der Waals surface area contributed by atoms with E-state index in [0.717, 1.165) is 49.1 Å². The van der Waals surface area contributed by atoms with Crippen LogP contribution in [0.1, 0.15) is 223 Å². The summed E-state index contributed by atoms with van der Waals surface area (Å²) in [5, 5.41) is 0. The van der Waals surface area contributed by atoms with Gasteiger partial charge in [0.2, 0.25) is 11.4 Å². The number of aryl methyl sites for hydroxylation is 2. The summed E-state index contributed by atoms with van der Waals surface area (Å²) in [7, 11) is 0. The zero-order chi connectivity index (χ0) is 37.8. The van der Waals surface area contributed by atoms with Crippen molar-refractivity contribution in [2.75, 3.05) is 0 Å². The highest BCUT2D eigenvalue weighted by Crippen LogP contribution is 2.42. The number of unbranched alkanes of at least 4 members (excludes halogenated alkanes) is 23. The number of allylic oxidation sites excluding steroid dienone is 4. The normalized spacial score (nSPS) is 13.4. The standard InChI is InChI=1S/C51H80N2/c1-5-8-10-11-12-13-14-15-16-17-18-19-20-21-22-23-24-25-26-27-28-29-30-31-32-33-39-46-40-34-35-42-49(46)51-48(7-3)44(4)50(53(51)52)47-41-36-38-45(43-47)37-9-6-2/h30-31,34-36,38,40-43H,5-29,32-33,37,39H2,1-4H3. The van der Waals surface area contributed by atoms with Gasteiger partial charge in [-0.05, 0) is 87.6 Å². The van der Waals surface area contributed by atoms with Crippen molar-refractivity contribution in [2.24, 2.45) is 0 Å². The van der Waals surface area contributed by atoms with Crippen molar-refractivity contribution in [1.29, 1.82) is 0 Å². The molecule has 0 saturated carbocycles. The molecule has 0 N–H and O–H groups in total. The Bertz CT molecular complexity index is 1370. The Morgan fingerprint density at radius 1 is 0.509 bits per heavy atom. The molecule has 0 amide bonds. The number of hydrogen-bond donors (Lipinski definition) is 0. The van der Waals surface area contributed by atoms with Crippen LogP contribution in [-0.2, 0) is 12.8 Å². The van der Waals surface area contributed by atoms with Crippen molar-refractivity contribution in [1.82, 2.24) is 0 Å². The van der Waals surface area contributed by atoms with Gasteiger partial charge >= 0.3 is 0 Å². The lowest BCUT2D eigenvalue weighted by Gasteiger charge is -2.13. The predicted octanol–water partition coefficient (Wildman–Crippen LogP) is 17.1. The highest BCUT2D eigenvalue weighted by atomic mass is 15.2. The smallest absolute Gasteiger partial charge is 0.211 e. The second-order valence-corrected chi connectivity index (χ2v) is 16.2. The summed E-state index contributed by atoms with van der Waals surface area (Å²) in [5.74, 6) is 0. The van der Waals surface area contributed by atoms with Gasteiger partial charge in [-0.15, -0.1) is 0 Å². The fraction of sp³-hybridized carbons (Fsp3) is 0.647. The number of hydrogen-bond acceptors (Lipinski definition) is 0. The third-order valence-electron chi connectivity index (χ3n) is 11.6. The van der Waals surface area contributed by atoms with Crippen molar-refractivity contribution in [3.63, 3.8) is 0 Å². The molecule has 0 unspecified atom stereocenters. The summed E-state index contributed by atoms with van der Waals surface area (Å²) in [4.78, 5) is 0. The third kappa shape index (κ3) is 17.1. The molecule has 0 atom stereocenters. The van der Waals surface area contributed by atoms with Crippen LogP contribution in [0.3, 0.4) is 0 Å². The van der Waals surface area contributed by atoms with Crippen LogP contribution in [0.4, 0.5) is 0 Å². The van der Waals surface area contributed by atoms with E-state index in [2.05, 4.69) is 88.4 Å². The third-order valence-corrected chi connectivity index (χ3v) is 11.6. The van der Waals surface area contributed by atoms with E-state index in [0.29, 0.717) is 0 Å². The largest absolute Gasteiger partial charge is 0.493 e. The van der Waals surface area contributed by atoms with Gasteiger partial charge in [0.25, 0.3) is 0 Å². The van der Waals surface area contributed by atoms with Gasteiger partial charge in [0.15, 0.2) is 0 Å². The van der Waals surface area contributed by atoms with E-state index < -0.39 is 0 Å². The number of rotatable bonds is 32. The highest BCUT2D eigenvalue weighted by molar-refractivity contribution is 5.82. The molecule has 0 fully saturated rings. The van der Waals surface area contributed by atoms with Gasteiger partial charge in [-0.1, -0.05) is 198 Å². The molecule has 2 nitrogen and oxygen atoms in total. The lowest BCUT2D eigenvalue weighted by molar-refractivity contribution is -0.345. The van der Waals surface area contributed by atoms with Gasteiger partial charge in [-0.3, -0.25) is 0 Å². The Hall–Kier alpha value is -2.74. The Labute approximate surface area is 328 Å². The Morgan fingerprint density at radius 2 is 1.02 bits per heavy atom. The summed E-state index contributed by atoms with van der Waals surface area (Å²) < 4.78 is 1.49. The topological polar surface area (TPSA) is 25.3 Å². The molecule has 0 aromatic heterocycles. The van der Waals surface area contributed by atoms with E-state index in [9.17, 15) is 5.53 Å². The van der Waals surface area contributed by atoms with Crippen molar-refractivity contribution < 1.29 is 4.70 Å². The minimum absolute atomic E-state index is 0.897. The van der Waals surface area contributed by atoms with Crippen LogP contribution < -0.4 is 0 Å². The molecule has 1 aliphatic heterocycles. The maximum atomic E-state index is 11.7. The minimum Gasteiger partial charge on any atom is -0.493 e. The van der Waals surface area contributed by atoms with E-state index in [4.69, 9.17) is 0 Å². The lowest BCUT2D eigenvalue weighted by Crippen LogP contribution is -2.05. The molecule has 53 heavy (non-hydrogen) atoms. The Kier molecular flexibility index (Phi) is 24.2. The van der Waals surface area contributed by atoms with Crippen LogP contribution in [0.15, 0.2) is 71.8 Å². The SMILES string of the molecule is CCCCCCCCCCCCCCCCCCCCCCCC=CCCCc1ccccc1C1=C(CC)C(C)=C(c2cccc(CCCC)c2)[N+]1=[N-]. The first-order valence-corrected chi connectivity index (χ1v) is 22.9. The summed E-state index contributed by atoms with van der Waals surface area (Å²) in [5.41, 5.74) is 21.0. The van der Waals surface area contributed by atoms with Crippen LogP contribution >= 0.6 is 0 Å². The molecule has 0 bridgehead atoms. The molecular formula is C51H80N2. The quantitative estimate of drug-likeness (QED) is 0.0408. The van der Waals surface area contributed by atoms with Gasteiger partial charge in [-0.25, -0.2) is 4.70 Å². The monoisotopic (exact) mass is 721 g/mol. The molecule has 2 aromatic rings. The summed E-state index contributed by atoms with van der Waals surface area (Å²) in [6, 6.07) is 17.5. The minimum atomic E-state index is 0.897. The first kappa shape index (κ1) is 44.7. The van der Waals surface area contributed by atoms with Crippen LogP contribution in [0, 0.1) is 0 Å². The molecule has 2 heteroatoms. The van der Waals surface area contributed by atoms with E-state index in [1.54, 1.807) is 0 Å². The van der Waals surface area contributed by atoms with Gasteiger partial charge in [0.05, 0.1) is 0 Å². The van der Waals surface area contributed by atoms with Crippen LogP contribution in [0.25, 0.3) is 16.9 Å². The van der Waals surface area contributed by atoms with Gasteiger partial charge in [-0.2, -0.15) is 0 Å². The molecule has 0 saturated heterocycles. The average Bonchev–Trinajstić information content (AvgIpc) is 3.43. The first-order valence-electron chi connectivity index (χ1n) is 22.9. The van der Waals surface area contributed by atoms with Gasteiger partial charge < -0.3 is 5.53 Å². The molecule has 1 heterocycles. The highest BCUT2D eigenvalue weighted by Gasteiger charge is 2.33. The molecule has 294 valence electrons. The predicted molar refractivity (Wildman–Crippen MR) is 234 cm³/mol. The van der Waals surface area contributed by atoms with Crippen molar-refractivity contribution in [2.45, 2.75) is 214 Å². The fourth-order valence-electron chi connectivity index (χ4n) is 8.33. The first-order chi connectivity index (χ1) is 26.1.